The number of ether oxygens (including phenoxy) is 2. The first-order chi connectivity index (χ1) is 16.8. The smallest absolute Gasteiger partial charge is 0.406 e. The van der Waals surface area contributed by atoms with Gasteiger partial charge in [-0.1, -0.05) is 54.1 Å². The highest BCUT2D eigenvalue weighted by atomic mass is 35.5. The molecule has 3 aromatic carbocycles. The highest BCUT2D eigenvalue weighted by Gasteiger charge is 2.31. The van der Waals surface area contributed by atoms with Crippen molar-refractivity contribution >= 4 is 22.6 Å². The van der Waals surface area contributed by atoms with Gasteiger partial charge in [-0.05, 0) is 41.5 Å². The van der Waals surface area contributed by atoms with Crippen LogP contribution in [0.3, 0.4) is 0 Å². The van der Waals surface area contributed by atoms with E-state index in [9.17, 15) is 13.2 Å². The standard InChI is InChI=1S/C26H23ClF3N3O2/c27-20-8-11-23-22(14-20)31-25(24-17-32(12-13-34-24)15-18-4-2-1-3-5-18)33(23)16-19-6-9-21(10-7-19)35-26(28,29)30/h1-11,14,24H,12-13,15-17H2. The van der Waals surface area contributed by atoms with E-state index in [0.29, 0.717) is 24.7 Å². The van der Waals surface area contributed by atoms with E-state index in [2.05, 4.69) is 21.8 Å². The minimum atomic E-state index is -4.72. The fraction of sp³-hybridized carbons (Fsp3) is 0.269. The number of hydrogen-bond acceptors (Lipinski definition) is 4. The van der Waals surface area contributed by atoms with Gasteiger partial charge < -0.3 is 14.0 Å². The number of morpholine rings is 1. The highest BCUT2D eigenvalue weighted by Crippen LogP contribution is 2.30. The Morgan fingerprint density at radius 1 is 0.971 bits per heavy atom. The fourth-order valence-corrected chi connectivity index (χ4v) is 4.52. The van der Waals surface area contributed by atoms with Crippen LogP contribution in [0.1, 0.15) is 23.1 Å². The van der Waals surface area contributed by atoms with Crippen molar-refractivity contribution in [3.05, 3.63) is 94.8 Å². The van der Waals surface area contributed by atoms with Crippen LogP contribution in [0.15, 0.2) is 72.8 Å². The first kappa shape index (κ1) is 23.7. The highest BCUT2D eigenvalue weighted by molar-refractivity contribution is 6.31. The molecule has 1 aromatic heterocycles. The van der Waals surface area contributed by atoms with Gasteiger partial charge >= 0.3 is 6.36 Å². The second kappa shape index (κ2) is 9.89. The van der Waals surface area contributed by atoms with Crippen LogP contribution in [0.25, 0.3) is 11.0 Å². The molecule has 5 nitrogen and oxygen atoms in total. The molecule has 1 aliphatic heterocycles. The van der Waals surface area contributed by atoms with E-state index in [0.717, 1.165) is 35.5 Å². The van der Waals surface area contributed by atoms with Crippen LogP contribution in [0.2, 0.25) is 5.02 Å². The molecule has 35 heavy (non-hydrogen) atoms. The maximum atomic E-state index is 12.5. The summed E-state index contributed by atoms with van der Waals surface area (Å²) in [6.45, 7) is 3.29. The number of alkyl halides is 3. The van der Waals surface area contributed by atoms with E-state index < -0.39 is 6.36 Å². The van der Waals surface area contributed by atoms with E-state index in [4.69, 9.17) is 21.3 Å². The van der Waals surface area contributed by atoms with Gasteiger partial charge in [0.25, 0.3) is 0 Å². The summed E-state index contributed by atoms with van der Waals surface area (Å²) in [6, 6.07) is 21.7. The lowest BCUT2D eigenvalue weighted by Crippen LogP contribution is -2.38. The summed E-state index contributed by atoms with van der Waals surface area (Å²) in [4.78, 5) is 7.19. The van der Waals surface area contributed by atoms with Crippen LogP contribution >= 0.6 is 11.6 Å². The number of aromatic nitrogens is 2. The number of nitrogens with zero attached hydrogens (tertiary/aromatic N) is 3. The zero-order chi connectivity index (χ0) is 24.4. The average Bonchev–Trinajstić information content (AvgIpc) is 3.17. The van der Waals surface area contributed by atoms with E-state index >= 15 is 0 Å². The molecular formula is C26H23ClF3N3O2. The molecule has 0 saturated carbocycles. The zero-order valence-corrected chi connectivity index (χ0v) is 19.5. The SMILES string of the molecule is FC(F)(F)Oc1ccc(Cn2c(C3CN(Cc4ccccc4)CCO3)nc3cc(Cl)ccc32)cc1. The molecule has 182 valence electrons. The Labute approximate surface area is 205 Å². The Morgan fingerprint density at radius 2 is 1.71 bits per heavy atom. The van der Waals surface area contributed by atoms with E-state index in [1.807, 2.05) is 34.9 Å². The van der Waals surface area contributed by atoms with E-state index in [1.165, 1.54) is 17.7 Å². The average molecular weight is 502 g/mol. The number of imidazole rings is 1. The van der Waals surface area contributed by atoms with Gasteiger partial charge in [0.2, 0.25) is 0 Å². The number of fused-ring (bicyclic) bond motifs is 1. The normalized spacial score (nSPS) is 17.1. The van der Waals surface area contributed by atoms with Gasteiger partial charge in [-0.15, -0.1) is 13.2 Å². The molecule has 9 heteroatoms. The molecule has 1 atom stereocenters. The lowest BCUT2D eigenvalue weighted by Gasteiger charge is -2.33. The number of rotatable bonds is 6. The summed E-state index contributed by atoms with van der Waals surface area (Å²) in [7, 11) is 0. The first-order valence-electron chi connectivity index (χ1n) is 11.2. The Balaban J connectivity index is 1.42. The van der Waals surface area contributed by atoms with E-state index in [-0.39, 0.29) is 11.9 Å². The largest absolute Gasteiger partial charge is 0.573 e. The Hall–Kier alpha value is -3.07. The van der Waals surface area contributed by atoms with Crippen LogP contribution in [-0.2, 0) is 17.8 Å². The van der Waals surface area contributed by atoms with Gasteiger partial charge in [-0.2, -0.15) is 0 Å². The topological polar surface area (TPSA) is 39.5 Å². The summed E-state index contributed by atoms with van der Waals surface area (Å²) in [5, 5.41) is 0.581. The molecule has 0 amide bonds. The number of benzene rings is 3. The lowest BCUT2D eigenvalue weighted by atomic mass is 10.1. The third-order valence-corrected chi connectivity index (χ3v) is 6.16. The predicted octanol–water partition coefficient (Wildman–Crippen LogP) is 6.21. The minimum Gasteiger partial charge on any atom is -0.406 e. The fourth-order valence-electron chi connectivity index (χ4n) is 4.36. The molecule has 5 rings (SSSR count). The second-order valence-corrected chi connectivity index (χ2v) is 8.90. The van der Waals surface area contributed by atoms with Crippen molar-refractivity contribution in [3.63, 3.8) is 0 Å². The van der Waals surface area contributed by atoms with Gasteiger partial charge in [0.05, 0.1) is 17.6 Å². The molecule has 0 radical (unpaired) electrons. The summed E-state index contributed by atoms with van der Waals surface area (Å²) in [6.07, 6.45) is -4.98. The summed E-state index contributed by atoms with van der Waals surface area (Å²) >= 11 is 6.22. The van der Waals surface area contributed by atoms with Gasteiger partial charge in [0.1, 0.15) is 17.7 Å². The lowest BCUT2D eigenvalue weighted by molar-refractivity contribution is -0.274. The molecule has 0 spiro atoms. The van der Waals surface area contributed by atoms with Gasteiger partial charge in [-0.3, -0.25) is 4.90 Å². The monoisotopic (exact) mass is 501 g/mol. The van der Waals surface area contributed by atoms with Crippen LogP contribution in [0, 0.1) is 0 Å². The Kier molecular flexibility index (Phi) is 6.69. The molecule has 0 N–H and O–H groups in total. The molecule has 1 unspecified atom stereocenters. The molecule has 1 aliphatic rings. The van der Waals surface area contributed by atoms with Crippen molar-refractivity contribution in [2.45, 2.75) is 25.6 Å². The first-order valence-corrected chi connectivity index (χ1v) is 11.6. The van der Waals surface area contributed by atoms with Crippen molar-refractivity contribution in [1.82, 2.24) is 14.5 Å². The third-order valence-electron chi connectivity index (χ3n) is 5.92. The van der Waals surface area contributed by atoms with Gasteiger partial charge in [0.15, 0.2) is 0 Å². The van der Waals surface area contributed by atoms with Crippen molar-refractivity contribution in [2.75, 3.05) is 19.7 Å². The van der Waals surface area contributed by atoms with Gasteiger partial charge in [0, 0.05) is 31.2 Å². The predicted molar refractivity (Wildman–Crippen MR) is 127 cm³/mol. The van der Waals surface area contributed by atoms with Crippen LogP contribution in [0.5, 0.6) is 5.75 Å². The molecule has 2 heterocycles. The quantitative estimate of drug-likeness (QED) is 0.315. The minimum absolute atomic E-state index is 0.254. The van der Waals surface area contributed by atoms with Crippen molar-refractivity contribution in [1.29, 1.82) is 0 Å². The third kappa shape index (κ3) is 5.78. The molecule has 0 bridgehead atoms. The van der Waals surface area contributed by atoms with Gasteiger partial charge in [-0.25, -0.2) is 4.98 Å². The Bertz CT molecular complexity index is 1290. The van der Waals surface area contributed by atoms with Crippen molar-refractivity contribution in [2.24, 2.45) is 0 Å². The summed E-state index contributed by atoms with van der Waals surface area (Å²) in [5.41, 5.74) is 3.67. The maximum absolute atomic E-state index is 12.5. The molecular weight excluding hydrogens is 479 g/mol. The summed E-state index contributed by atoms with van der Waals surface area (Å²) in [5.74, 6) is 0.506. The molecule has 0 aliphatic carbocycles. The molecule has 1 fully saturated rings. The van der Waals surface area contributed by atoms with Crippen LogP contribution < -0.4 is 4.74 Å². The van der Waals surface area contributed by atoms with Crippen LogP contribution in [-0.4, -0.2) is 40.5 Å². The number of halogens is 4. The van der Waals surface area contributed by atoms with Crippen LogP contribution in [0.4, 0.5) is 13.2 Å². The van der Waals surface area contributed by atoms with Crippen molar-refractivity contribution in [3.8, 4) is 5.75 Å². The zero-order valence-electron chi connectivity index (χ0n) is 18.7. The molecule has 4 aromatic rings. The second-order valence-electron chi connectivity index (χ2n) is 8.46. The summed E-state index contributed by atoms with van der Waals surface area (Å²) < 4.78 is 49.7. The van der Waals surface area contributed by atoms with E-state index in [1.54, 1.807) is 18.2 Å². The van der Waals surface area contributed by atoms with Crippen molar-refractivity contribution < 1.29 is 22.6 Å². The molecule has 1 saturated heterocycles. The Morgan fingerprint density at radius 3 is 2.46 bits per heavy atom. The maximum Gasteiger partial charge on any atom is 0.573 e. The number of hydrogen-bond donors (Lipinski definition) is 0.